The highest BCUT2D eigenvalue weighted by Gasteiger charge is 2.67. The first kappa shape index (κ1) is 15.4. The summed E-state index contributed by atoms with van der Waals surface area (Å²) in [6, 6.07) is 24.9. The molecule has 4 nitrogen and oxygen atoms in total. The molecule has 0 unspecified atom stereocenters. The molecule has 4 heteroatoms. The van der Waals surface area contributed by atoms with Crippen molar-refractivity contribution in [3.05, 3.63) is 71.8 Å². The molecular weight excluding hydrogens is 308 g/mol. The Morgan fingerprint density at radius 1 is 1.00 bits per heavy atom. The molecule has 0 saturated heterocycles. The van der Waals surface area contributed by atoms with Gasteiger partial charge in [-0.25, -0.2) is 0 Å². The van der Waals surface area contributed by atoms with E-state index in [1.165, 1.54) is 0 Å². The van der Waals surface area contributed by atoms with Crippen molar-refractivity contribution in [2.45, 2.75) is 5.41 Å². The Hall–Kier alpha value is -3.11. The molecule has 1 fully saturated rings. The monoisotopic (exact) mass is 326 g/mol. The number of rotatable bonds is 2. The van der Waals surface area contributed by atoms with Gasteiger partial charge in [-0.2, -0.15) is 15.6 Å². The Bertz CT molecular complexity index is 891. The molecule has 1 heterocycles. The predicted molar refractivity (Wildman–Crippen MR) is 95.4 cm³/mol. The maximum atomic E-state index is 9.91. The maximum Gasteiger partial charge on any atom is 0.0800 e. The van der Waals surface area contributed by atoms with E-state index >= 15 is 0 Å². The fraction of sp³-hybridized carbons (Fsp3) is 0.286. The highest BCUT2D eigenvalue weighted by molar-refractivity contribution is 6.10. The van der Waals surface area contributed by atoms with Gasteiger partial charge < -0.3 is 0 Å². The first-order chi connectivity index (χ1) is 12.2. The van der Waals surface area contributed by atoms with Crippen LogP contribution in [0.5, 0.6) is 0 Å². The topological polar surface area (TPSA) is 63.2 Å². The quantitative estimate of drug-likeness (QED) is 0.851. The summed E-state index contributed by atoms with van der Waals surface area (Å²) in [6.07, 6.45) is 0. The Balaban J connectivity index is 1.99. The van der Waals surface area contributed by atoms with Gasteiger partial charge in [-0.15, -0.1) is 0 Å². The molecule has 2 aromatic rings. The third-order valence-corrected chi connectivity index (χ3v) is 5.58. The minimum absolute atomic E-state index is 0.0576. The number of nitriles is 2. The van der Waals surface area contributed by atoms with Crippen LogP contribution in [0, 0.1) is 40.4 Å². The summed E-state index contributed by atoms with van der Waals surface area (Å²) in [4.78, 5) is 0. The Morgan fingerprint density at radius 3 is 2.24 bits per heavy atom. The summed E-state index contributed by atoms with van der Waals surface area (Å²) in [5.41, 5.74) is 2.47. The van der Waals surface area contributed by atoms with E-state index in [1.807, 2.05) is 60.6 Å². The van der Waals surface area contributed by atoms with Crippen LogP contribution in [0.25, 0.3) is 0 Å². The van der Waals surface area contributed by atoms with Crippen LogP contribution in [0.3, 0.4) is 0 Å². The lowest BCUT2D eigenvalue weighted by molar-refractivity contribution is 0.0232. The van der Waals surface area contributed by atoms with Crippen molar-refractivity contribution in [1.29, 1.82) is 10.5 Å². The highest BCUT2D eigenvalue weighted by Crippen LogP contribution is 2.60. The molecule has 1 saturated carbocycles. The number of benzene rings is 2. The van der Waals surface area contributed by atoms with Crippen LogP contribution in [-0.4, -0.2) is 24.3 Å². The minimum Gasteiger partial charge on any atom is -0.299 e. The predicted octanol–water partition coefficient (Wildman–Crippen LogP) is 3.18. The van der Waals surface area contributed by atoms with Crippen LogP contribution in [0.15, 0.2) is 65.8 Å². The molecule has 4 atom stereocenters. The summed E-state index contributed by atoms with van der Waals surface area (Å²) in [7, 11) is 1.94. The summed E-state index contributed by atoms with van der Waals surface area (Å²) < 4.78 is 0. The van der Waals surface area contributed by atoms with Crippen LogP contribution < -0.4 is 0 Å². The van der Waals surface area contributed by atoms with Crippen LogP contribution in [0.4, 0.5) is 0 Å². The third kappa shape index (κ3) is 2.01. The first-order valence-electron chi connectivity index (χ1n) is 8.44. The second-order valence-electron chi connectivity index (χ2n) is 6.76. The van der Waals surface area contributed by atoms with Gasteiger partial charge in [0.25, 0.3) is 0 Å². The van der Waals surface area contributed by atoms with Crippen LogP contribution in [0.2, 0.25) is 0 Å². The van der Waals surface area contributed by atoms with Gasteiger partial charge in [-0.1, -0.05) is 60.7 Å². The van der Waals surface area contributed by atoms with Crippen molar-refractivity contribution < 1.29 is 0 Å². The third-order valence-electron chi connectivity index (χ3n) is 5.58. The van der Waals surface area contributed by atoms with Gasteiger partial charge in [0.05, 0.1) is 35.1 Å². The molecule has 25 heavy (non-hydrogen) atoms. The van der Waals surface area contributed by atoms with Gasteiger partial charge in [0.2, 0.25) is 0 Å². The van der Waals surface area contributed by atoms with E-state index in [1.54, 1.807) is 0 Å². The smallest absolute Gasteiger partial charge is 0.0800 e. The summed E-state index contributed by atoms with van der Waals surface area (Å²) in [5.74, 6) is -0.610. The molecule has 0 amide bonds. The fourth-order valence-electron chi connectivity index (χ4n) is 4.55. The van der Waals surface area contributed by atoms with E-state index in [-0.39, 0.29) is 11.8 Å². The van der Waals surface area contributed by atoms with Gasteiger partial charge in [0.1, 0.15) is 0 Å². The number of hydrogen-bond donors (Lipinski definition) is 0. The van der Waals surface area contributed by atoms with E-state index in [2.05, 4.69) is 24.3 Å². The van der Waals surface area contributed by atoms with E-state index in [0.29, 0.717) is 6.54 Å². The molecule has 122 valence electrons. The molecule has 0 radical (unpaired) electrons. The van der Waals surface area contributed by atoms with Gasteiger partial charge >= 0.3 is 0 Å². The number of fused-ring (bicyclic) bond motifs is 1. The lowest BCUT2D eigenvalue weighted by Crippen LogP contribution is -2.68. The van der Waals surface area contributed by atoms with E-state index in [9.17, 15) is 10.5 Å². The van der Waals surface area contributed by atoms with E-state index < -0.39 is 11.3 Å². The molecule has 4 rings (SSSR count). The van der Waals surface area contributed by atoms with Crippen LogP contribution in [0.1, 0.15) is 11.1 Å². The van der Waals surface area contributed by atoms with Crippen LogP contribution >= 0.6 is 0 Å². The molecule has 0 N–H and O–H groups in total. The van der Waals surface area contributed by atoms with Crippen molar-refractivity contribution in [3.63, 3.8) is 0 Å². The zero-order chi connectivity index (χ0) is 17.4. The largest absolute Gasteiger partial charge is 0.299 e. The Morgan fingerprint density at radius 2 is 1.64 bits per heavy atom. The normalized spacial score (nSPS) is 30.3. The van der Waals surface area contributed by atoms with E-state index in [0.717, 1.165) is 16.8 Å². The molecule has 0 bridgehead atoms. The minimum atomic E-state index is -0.524. The maximum absolute atomic E-state index is 9.91. The van der Waals surface area contributed by atoms with Gasteiger partial charge in [-0.3, -0.25) is 5.01 Å². The summed E-state index contributed by atoms with van der Waals surface area (Å²) in [6.45, 7) is 0.682. The first-order valence-corrected chi connectivity index (χ1v) is 8.44. The molecule has 2 aromatic carbocycles. The standard InChI is InChI=1S/C21H18N4/c1-25-14-19-17(12-22)18(13-23)21(19,16-10-6-3-7-11-16)20(24-25)15-8-4-2-5-9-15/h2-11,17-19H,14H2,1H3/t17-,18-,19-,21+/m1/s1. The lowest BCUT2D eigenvalue weighted by atomic mass is 9.42. The molecule has 0 aromatic heterocycles. The van der Waals surface area contributed by atoms with Crippen molar-refractivity contribution in [1.82, 2.24) is 5.01 Å². The molecule has 0 spiro atoms. The molecule has 2 aliphatic rings. The SMILES string of the molecule is CN1C[C@@H]2[C@H](C#N)[C@@H](C#N)[C@]2(c2ccccc2)C(c2ccccc2)=N1. The van der Waals surface area contributed by atoms with Crippen molar-refractivity contribution in [3.8, 4) is 12.1 Å². The van der Waals surface area contributed by atoms with E-state index in [4.69, 9.17) is 5.10 Å². The van der Waals surface area contributed by atoms with Gasteiger partial charge in [0.15, 0.2) is 0 Å². The zero-order valence-electron chi connectivity index (χ0n) is 14.0. The van der Waals surface area contributed by atoms with Gasteiger partial charge in [-0.05, 0) is 11.1 Å². The van der Waals surface area contributed by atoms with Crippen molar-refractivity contribution in [2.75, 3.05) is 13.6 Å². The highest BCUT2D eigenvalue weighted by atomic mass is 15.4. The van der Waals surface area contributed by atoms with Crippen molar-refractivity contribution in [2.24, 2.45) is 22.9 Å². The summed E-state index contributed by atoms with van der Waals surface area (Å²) >= 11 is 0. The lowest BCUT2D eigenvalue weighted by Gasteiger charge is -2.60. The number of nitrogens with zero attached hydrogens (tertiary/aromatic N) is 4. The number of hydrogen-bond acceptors (Lipinski definition) is 4. The number of hydrazone groups is 1. The van der Waals surface area contributed by atoms with Crippen LogP contribution in [-0.2, 0) is 5.41 Å². The fourth-order valence-corrected chi connectivity index (χ4v) is 4.55. The molecular formula is C21H18N4. The Kier molecular flexibility index (Phi) is 3.55. The average molecular weight is 326 g/mol. The summed E-state index contributed by atoms with van der Waals surface area (Å²) in [5, 5.41) is 26.3. The second kappa shape index (κ2) is 5.76. The molecule has 1 aliphatic heterocycles. The average Bonchev–Trinajstić information content (AvgIpc) is 2.65. The van der Waals surface area contributed by atoms with Crippen molar-refractivity contribution >= 4 is 5.71 Å². The second-order valence-corrected chi connectivity index (χ2v) is 6.76. The zero-order valence-corrected chi connectivity index (χ0v) is 14.0. The Labute approximate surface area is 147 Å². The molecule has 1 aliphatic carbocycles. The van der Waals surface area contributed by atoms with Gasteiger partial charge in [0, 0.05) is 19.5 Å².